The highest BCUT2D eigenvalue weighted by Crippen LogP contribution is 2.30. The van der Waals surface area contributed by atoms with Crippen LogP contribution in [0.1, 0.15) is 56.8 Å². The summed E-state index contributed by atoms with van der Waals surface area (Å²) in [5.41, 5.74) is 0.419. The molecule has 1 heterocycles. The van der Waals surface area contributed by atoms with E-state index in [1.165, 1.54) is 13.8 Å². The number of aromatic amines is 1. The summed E-state index contributed by atoms with van der Waals surface area (Å²) in [5.74, 6) is -1.23. The maximum absolute atomic E-state index is 12.4. The number of H-pyrrole nitrogens is 1. The summed E-state index contributed by atoms with van der Waals surface area (Å²) in [6.07, 6.45) is -1.29. The van der Waals surface area contributed by atoms with Crippen molar-refractivity contribution in [1.82, 2.24) is 10.3 Å². The first-order valence-corrected chi connectivity index (χ1v) is 9.37. The fraction of sp³-hybridized carbons (Fsp3) is 0.429. The molecule has 1 aromatic heterocycles. The van der Waals surface area contributed by atoms with Gasteiger partial charge < -0.3 is 24.5 Å². The zero-order valence-electron chi connectivity index (χ0n) is 17.6. The van der Waals surface area contributed by atoms with Gasteiger partial charge in [0.25, 0.3) is 0 Å². The summed E-state index contributed by atoms with van der Waals surface area (Å²) in [5, 5.41) is 3.20. The van der Waals surface area contributed by atoms with Crippen LogP contribution in [0.25, 0.3) is 10.9 Å². The van der Waals surface area contributed by atoms with Crippen molar-refractivity contribution in [1.29, 1.82) is 0 Å². The number of aldehydes is 1. The number of carbonyl (C=O) groups excluding carboxylic acids is 4. The molecule has 1 aromatic carbocycles. The van der Waals surface area contributed by atoms with Gasteiger partial charge in [-0.3, -0.25) is 14.4 Å². The van der Waals surface area contributed by atoms with Gasteiger partial charge in [-0.1, -0.05) is 18.2 Å². The lowest BCUT2D eigenvalue weighted by atomic mass is 10.0. The molecule has 0 spiro atoms. The molecule has 30 heavy (non-hydrogen) atoms. The standard InChI is InChI=1S/C21H26N2O7/c1-12(25)28-11-17(23-20(27)30-21(3,4)5)19(29-13(2)26)18-15(10-24)14-8-6-7-9-16(14)22-18/h6-10,17,19,22H,11H2,1-5H3,(H,23,27)/t17-,19+/m0/s1. The SMILES string of the molecule is CC(=O)OC[C@H](NC(=O)OC(C)(C)C)[C@@H](OC(C)=O)c1[nH]c2ccccc2c1C=O. The molecule has 9 heteroatoms. The first-order valence-electron chi connectivity index (χ1n) is 9.37. The number of fused-ring (bicyclic) bond motifs is 1. The lowest BCUT2D eigenvalue weighted by molar-refractivity contribution is -0.151. The first kappa shape index (κ1) is 22.9. The molecular weight excluding hydrogens is 392 g/mol. The van der Waals surface area contributed by atoms with Crippen LogP contribution in [0.15, 0.2) is 24.3 Å². The van der Waals surface area contributed by atoms with Gasteiger partial charge in [-0.25, -0.2) is 4.79 Å². The van der Waals surface area contributed by atoms with Crippen molar-refractivity contribution >= 4 is 35.2 Å². The quantitative estimate of drug-likeness (QED) is 0.402. The summed E-state index contributed by atoms with van der Waals surface area (Å²) >= 11 is 0. The number of alkyl carbamates (subject to hydrolysis) is 1. The van der Waals surface area contributed by atoms with Crippen LogP contribution in [-0.4, -0.2) is 47.6 Å². The van der Waals surface area contributed by atoms with Crippen LogP contribution in [0.5, 0.6) is 0 Å². The van der Waals surface area contributed by atoms with Gasteiger partial charge in [0.15, 0.2) is 12.4 Å². The summed E-state index contributed by atoms with van der Waals surface area (Å²) in [6.45, 7) is 7.19. The van der Waals surface area contributed by atoms with Gasteiger partial charge in [-0.05, 0) is 26.8 Å². The van der Waals surface area contributed by atoms with Gasteiger partial charge in [0.05, 0.1) is 5.69 Å². The van der Waals surface area contributed by atoms with Crippen molar-refractivity contribution in [2.75, 3.05) is 6.61 Å². The molecule has 0 radical (unpaired) electrons. The molecule has 0 saturated heterocycles. The molecule has 0 aliphatic rings. The van der Waals surface area contributed by atoms with Crippen molar-refractivity contribution in [2.45, 2.75) is 52.4 Å². The fourth-order valence-electron chi connectivity index (χ4n) is 2.93. The molecule has 0 unspecified atom stereocenters. The summed E-state index contributed by atoms with van der Waals surface area (Å²) in [6, 6.07) is 6.04. The van der Waals surface area contributed by atoms with Gasteiger partial charge in [0.2, 0.25) is 0 Å². The third-order valence-electron chi connectivity index (χ3n) is 4.01. The van der Waals surface area contributed by atoms with Crippen molar-refractivity contribution in [3.63, 3.8) is 0 Å². The highest BCUT2D eigenvalue weighted by molar-refractivity contribution is 5.99. The van der Waals surface area contributed by atoms with Gasteiger partial charge in [0, 0.05) is 30.3 Å². The van der Waals surface area contributed by atoms with Gasteiger partial charge >= 0.3 is 18.0 Å². The molecule has 2 atom stereocenters. The van der Waals surface area contributed by atoms with Crippen LogP contribution in [0.4, 0.5) is 4.79 Å². The third kappa shape index (κ3) is 6.07. The number of hydrogen-bond acceptors (Lipinski definition) is 7. The highest BCUT2D eigenvalue weighted by Gasteiger charge is 2.34. The van der Waals surface area contributed by atoms with Gasteiger partial charge in [-0.2, -0.15) is 0 Å². The maximum atomic E-state index is 12.4. The number of benzene rings is 1. The van der Waals surface area contributed by atoms with Crippen LogP contribution in [0.3, 0.4) is 0 Å². The molecular formula is C21H26N2O7. The number of ether oxygens (including phenoxy) is 3. The van der Waals surface area contributed by atoms with Crippen molar-refractivity contribution in [3.8, 4) is 0 Å². The number of nitrogens with one attached hydrogen (secondary N) is 2. The molecule has 2 aromatic rings. The minimum Gasteiger partial charge on any atom is -0.464 e. The zero-order chi connectivity index (χ0) is 22.5. The van der Waals surface area contributed by atoms with Crippen molar-refractivity contribution in [2.24, 2.45) is 0 Å². The molecule has 9 nitrogen and oxygen atoms in total. The van der Waals surface area contributed by atoms with Crippen LogP contribution in [0, 0.1) is 0 Å². The van der Waals surface area contributed by atoms with E-state index in [1.807, 2.05) is 0 Å². The first-order chi connectivity index (χ1) is 14.0. The molecule has 2 N–H and O–H groups in total. The van der Waals surface area contributed by atoms with Gasteiger partial charge in [0.1, 0.15) is 18.2 Å². The van der Waals surface area contributed by atoms with E-state index in [1.54, 1.807) is 45.0 Å². The fourth-order valence-corrected chi connectivity index (χ4v) is 2.93. The smallest absolute Gasteiger partial charge is 0.408 e. The van der Waals surface area contributed by atoms with Crippen LogP contribution >= 0.6 is 0 Å². The second-order valence-electron chi connectivity index (χ2n) is 7.70. The Labute approximate surface area is 174 Å². The Morgan fingerprint density at radius 1 is 1.13 bits per heavy atom. The van der Waals surface area contributed by atoms with Crippen molar-refractivity contribution < 1.29 is 33.4 Å². The minimum absolute atomic E-state index is 0.273. The number of carbonyl (C=O) groups is 4. The van der Waals surface area contributed by atoms with E-state index in [9.17, 15) is 19.2 Å². The number of hydrogen-bond donors (Lipinski definition) is 2. The lowest BCUT2D eigenvalue weighted by Gasteiger charge is -2.28. The summed E-state index contributed by atoms with van der Waals surface area (Å²) < 4.78 is 15.8. The number of esters is 2. The molecule has 0 bridgehead atoms. The van der Waals surface area contributed by atoms with E-state index < -0.39 is 35.8 Å². The Kier molecular flexibility index (Phi) is 7.20. The lowest BCUT2D eigenvalue weighted by Crippen LogP contribution is -2.46. The zero-order valence-corrected chi connectivity index (χ0v) is 17.6. The molecule has 0 fully saturated rings. The summed E-state index contributed by atoms with van der Waals surface area (Å²) in [7, 11) is 0. The highest BCUT2D eigenvalue weighted by atomic mass is 16.6. The van der Waals surface area contributed by atoms with Crippen LogP contribution < -0.4 is 5.32 Å². The minimum atomic E-state index is -1.14. The molecule has 0 aliphatic heterocycles. The van der Waals surface area contributed by atoms with Crippen molar-refractivity contribution in [3.05, 3.63) is 35.5 Å². The van der Waals surface area contributed by atoms with Crippen LogP contribution in [-0.2, 0) is 23.8 Å². The predicted octanol–water partition coefficient (Wildman–Crippen LogP) is 3.04. The third-order valence-corrected chi connectivity index (χ3v) is 4.01. The number of rotatable bonds is 7. The molecule has 1 amide bonds. The Balaban J connectivity index is 2.49. The number of aromatic nitrogens is 1. The van der Waals surface area contributed by atoms with E-state index in [2.05, 4.69) is 10.3 Å². The average Bonchev–Trinajstić information content (AvgIpc) is 2.99. The topological polar surface area (TPSA) is 124 Å². The predicted molar refractivity (Wildman–Crippen MR) is 108 cm³/mol. The number of amides is 1. The second-order valence-corrected chi connectivity index (χ2v) is 7.70. The Bertz CT molecular complexity index is 942. The average molecular weight is 418 g/mol. The van der Waals surface area contributed by atoms with E-state index in [4.69, 9.17) is 14.2 Å². The Morgan fingerprint density at radius 2 is 1.80 bits per heavy atom. The van der Waals surface area contributed by atoms with E-state index >= 15 is 0 Å². The second kappa shape index (κ2) is 9.43. The summed E-state index contributed by atoms with van der Waals surface area (Å²) in [4.78, 5) is 50.5. The Morgan fingerprint density at radius 3 is 2.37 bits per heavy atom. The van der Waals surface area contributed by atoms with E-state index in [-0.39, 0.29) is 17.9 Å². The number of para-hydroxylation sites is 1. The maximum Gasteiger partial charge on any atom is 0.408 e. The molecule has 0 saturated carbocycles. The molecule has 162 valence electrons. The molecule has 0 aliphatic carbocycles. The van der Waals surface area contributed by atoms with E-state index in [0.29, 0.717) is 17.2 Å². The monoisotopic (exact) mass is 418 g/mol. The normalized spacial score (nSPS) is 13.2. The Hall–Kier alpha value is -3.36. The van der Waals surface area contributed by atoms with E-state index in [0.717, 1.165) is 0 Å². The van der Waals surface area contributed by atoms with Crippen LogP contribution in [0.2, 0.25) is 0 Å². The molecule has 2 rings (SSSR count). The van der Waals surface area contributed by atoms with Gasteiger partial charge in [-0.15, -0.1) is 0 Å². The largest absolute Gasteiger partial charge is 0.464 e.